The number of ketones is 1. The lowest BCUT2D eigenvalue weighted by atomic mass is 9.81. The molecule has 8 nitrogen and oxygen atoms in total. The topological polar surface area (TPSA) is 105 Å². The van der Waals surface area contributed by atoms with Gasteiger partial charge in [-0.1, -0.05) is 24.3 Å². The minimum Gasteiger partial charge on any atom is -0.453 e. The highest BCUT2D eigenvalue weighted by Gasteiger charge is 2.45. The van der Waals surface area contributed by atoms with Crippen molar-refractivity contribution in [2.24, 2.45) is 0 Å². The van der Waals surface area contributed by atoms with Gasteiger partial charge in [0.2, 0.25) is 10.0 Å². The second-order valence-corrected chi connectivity index (χ2v) is 14.3. The van der Waals surface area contributed by atoms with Crippen LogP contribution in [0.4, 0.5) is 22.4 Å². The summed E-state index contributed by atoms with van der Waals surface area (Å²) in [6.45, 7) is 2.73. The number of Topliss-reactive ketones (excluding diaryl/α,β-unsaturated/α-hetero) is 1. The van der Waals surface area contributed by atoms with E-state index in [1.165, 1.54) is 24.3 Å². The maximum Gasteiger partial charge on any atom is 0.407 e. The van der Waals surface area contributed by atoms with Crippen LogP contribution in [0.25, 0.3) is 0 Å². The molecule has 0 aromatic heterocycles. The van der Waals surface area contributed by atoms with Gasteiger partial charge in [-0.25, -0.2) is 30.8 Å². The monoisotopic (exact) mass is 675 g/mol. The third kappa shape index (κ3) is 8.02. The van der Waals surface area contributed by atoms with Crippen LogP contribution in [-0.4, -0.2) is 68.2 Å². The van der Waals surface area contributed by atoms with Crippen molar-refractivity contribution in [3.63, 3.8) is 0 Å². The molecule has 252 valence electrons. The van der Waals surface area contributed by atoms with Gasteiger partial charge >= 0.3 is 6.09 Å². The van der Waals surface area contributed by atoms with E-state index in [4.69, 9.17) is 4.74 Å². The quantitative estimate of drug-likeness (QED) is 0.262. The summed E-state index contributed by atoms with van der Waals surface area (Å²) in [6.07, 6.45) is 0.260. The predicted molar refractivity (Wildman–Crippen MR) is 167 cm³/mol. The van der Waals surface area contributed by atoms with Gasteiger partial charge in [0.1, 0.15) is 29.3 Å². The number of alkyl carbamates (subject to hydrolysis) is 1. The number of rotatable bonds is 12. The Morgan fingerprint density at radius 3 is 2.28 bits per heavy atom. The van der Waals surface area contributed by atoms with E-state index in [9.17, 15) is 31.2 Å². The van der Waals surface area contributed by atoms with Crippen LogP contribution in [0.3, 0.4) is 0 Å². The molecule has 1 saturated carbocycles. The van der Waals surface area contributed by atoms with Gasteiger partial charge in [-0.15, -0.1) is 0 Å². The number of nitrogens with one attached hydrogen (secondary N) is 2. The number of nitrogens with zero attached hydrogens (tertiary/aromatic N) is 1. The number of carbonyl (C=O) groups excluding carboxylic acids is 2. The van der Waals surface area contributed by atoms with E-state index in [-0.39, 0.29) is 42.0 Å². The third-order valence-electron chi connectivity index (χ3n) is 8.77. The largest absolute Gasteiger partial charge is 0.453 e. The van der Waals surface area contributed by atoms with E-state index in [0.717, 1.165) is 31.4 Å². The Kier molecular flexibility index (Phi) is 10.7. The lowest BCUT2D eigenvalue weighted by molar-refractivity contribution is -0.120. The fourth-order valence-electron chi connectivity index (χ4n) is 6.42. The van der Waals surface area contributed by atoms with Gasteiger partial charge in [-0.05, 0) is 85.2 Å². The van der Waals surface area contributed by atoms with Crippen LogP contribution in [0.2, 0.25) is 0 Å². The van der Waals surface area contributed by atoms with Gasteiger partial charge in [0.05, 0.1) is 12.4 Å². The zero-order valence-corrected chi connectivity index (χ0v) is 26.8. The Labute approximate surface area is 271 Å². The van der Waals surface area contributed by atoms with Crippen LogP contribution in [0.5, 0.6) is 0 Å². The molecule has 2 N–H and O–H groups in total. The number of halogens is 4. The summed E-state index contributed by atoms with van der Waals surface area (Å²) in [6, 6.07) is 9.73. The summed E-state index contributed by atoms with van der Waals surface area (Å²) < 4.78 is 91.0. The van der Waals surface area contributed by atoms with E-state index in [1.807, 2.05) is 6.92 Å². The maximum atomic E-state index is 15.4. The summed E-state index contributed by atoms with van der Waals surface area (Å²) in [7, 11) is -2.42. The summed E-state index contributed by atoms with van der Waals surface area (Å²) in [5.74, 6) is -4.82. The third-order valence-corrected chi connectivity index (χ3v) is 11.3. The summed E-state index contributed by atoms with van der Waals surface area (Å²) in [4.78, 5) is 26.6. The number of benzene rings is 3. The van der Waals surface area contributed by atoms with Crippen molar-refractivity contribution in [2.75, 3.05) is 20.2 Å². The van der Waals surface area contributed by atoms with Crippen molar-refractivity contribution in [1.82, 2.24) is 14.9 Å². The van der Waals surface area contributed by atoms with Crippen molar-refractivity contribution in [3.8, 4) is 0 Å². The number of ether oxygens (including phenoxy) is 1. The zero-order chi connectivity index (χ0) is 33.9. The molecule has 1 aliphatic carbocycles. The second kappa shape index (κ2) is 14.5. The first-order valence-electron chi connectivity index (χ1n) is 15.5. The van der Waals surface area contributed by atoms with Gasteiger partial charge in [-0.2, -0.15) is 4.31 Å². The minimum atomic E-state index is -3.51. The molecule has 0 bridgehead atoms. The first-order chi connectivity index (χ1) is 22.4. The fraction of sp³-hybridized carbons (Fsp3) is 0.412. The summed E-state index contributed by atoms with van der Waals surface area (Å²) in [5, 5.41) is 5.33. The molecule has 13 heteroatoms. The van der Waals surface area contributed by atoms with E-state index < -0.39 is 68.4 Å². The number of amides is 1. The standard InChI is InChI=1S/C34H37F4N3O5S/c1-20-18-39-19-27(41(20)47(44,45)28-11-12-28)10-13-29-22(4-3-5-30(29)38)16-31(42)33(40-34(43)46-2)32(21-6-8-24(35)9-7-21)23-14-25(36)17-26(37)15-23/h3-9,14-15,17,20,27-28,32-33,39H,10-13,16,18-19H2,1-2H3,(H,40,43)/t20-,27+,32+,33-/m1/s1. The zero-order valence-electron chi connectivity index (χ0n) is 26.0. The number of sulfonamides is 1. The van der Waals surface area contributed by atoms with Crippen LogP contribution < -0.4 is 10.6 Å². The molecule has 2 fully saturated rings. The van der Waals surface area contributed by atoms with Crippen LogP contribution in [0.1, 0.15) is 54.4 Å². The molecule has 1 amide bonds. The van der Waals surface area contributed by atoms with Crippen molar-refractivity contribution in [3.05, 3.63) is 106 Å². The molecule has 1 heterocycles. The smallest absolute Gasteiger partial charge is 0.407 e. The van der Waals surface area contributed by atoms with Crippen LogP contribution in [-0.2, 0) is 32.4 Å². The van der Waals surface area contributed by atoms with Crippen molar-refractivity contribution < 1.29 is 40.3 Å². The normalized spacial score (nSPS) is 20.0. The Morgan fingerprint density at radius 2 is 1.64 bits per heavy atom. The minimum absolute atomic E-state index is 0.000733. The Balaban J connectivity index is 1.46. The second-order valence-electron chi connectivity index (χ2n) is 12.1. The first-order valence-corrected chi connectivity index (χ1v) is 17.0. The highest BCUT2D eigenvalue weighted by Crippen LogP contribution is 2.35. The number of methoxy groups -OCH3 is 1. The van der Waals surface area contributed by atoms with Crippen molar-refractivity contribution in [2.45, 2.75) is 68.3 Å². The van der Waals surface area contributed by atoms with Gasteiger partial charge in [0.25, 0.3) is 0 Å². The maximum absolute atomic E-state index is 15.4. The first kappa shape index (κ1) is 34.5. The molecule has 47 heavy (non-hydrogen) atoms. The highest BCUT2D eigenvalue weighted by molar-refractivity contribution is 7.90. The molecule has 1 aliphatic heterocycles. The Morgan fingerprint density at radius 1 is 0.957 bits per heavy atom. The molecule has 3 aromatic rings. The Bertz CT molecular complexity index is 1700. The van der Waals surface area contributed by atoms with Crippen LogP contribution >= 0.6 is 0 Å². The summed E-state index contributed by atoms with van der Waals surface area (Å²) in [5.41, 5.74) is 0.805. The highest BCUT2D eigenvalue weighted by atomic mass is 32.2. The predicted octanol–water partition coefficient (Wildman–Crippen LogP) is 5.00. The molecule has 3 aromatic carbocycles. The van der Waals surface area contributed by atoms with Crippen LogP contribution in [0, 0.1) is 23.3 Å². The number of hydrogen-bond acceptors (Lipinski definition) is 6. The number of piperazine rings is 1. The van der Waals surface area contributed by atoms with Crippen molar-refractivity contribution in [1.29, 1.82) is 0 Å². The molecular weight excluding hydrogens is 638 g/mol. The average Bonchev–Trinajstić information content (AvgIpc) is 3.87. The van der Waals surface area contributed by atoms with Gasteiger partial charge in [-0.3, -0.25) is 4.79 Å². The molecule has 0 unspecified atom stereocenters. The lowest BCUT2D eigenvalue weighted by Gasteiger charge is -2.40. The van der Waals surface area contributed by atoms with E-state index in [2.05, 4.69) is 10.6 Å². The SMILES string of the molecule is COC(=O)N[C@H](C(=O)Cc1cccc(F)c1CC[C@H]1CNC[C@@H](C)N1S(=O)(=O)C1CC1)[C@@H](c1ccc(F)cc1)c1cc(F)cc(F)c1. The lowest BCUT2D eigenvalue weighted by Crippen LogP contribution is -2.59. The number of carbonyl (C=O) groups is 2. The average molecular weight is 676 g/mol. The number of hydrogen-bond donors (Lipinski definition) is 2. The van der Waals surface area contributed by atoms with Crippen molar-refractivity contribution >= 4 is 21.9 Å². The fourth-order valence-corrected chi connectivity index (χ4v) is 8.67. The van der Waals surface area contributed by atoms with E-state index >= 15 is 4.39 Å². The van der Waals surface area contributed by atoms with E-state index in [0.29, 0.717) is 37.6 Å². The van der Waals surface area contributed by atoms with Crippen LogP contribution in [0.15, 0.2) is 60.7 Å². The molecule has 4 atom stereocenters. The molecular formula is C34H37F4N3O5S. The van der Waals surface area contributed by atoms with E-state index in [1.54, 1.807) is 10.4 Å². The molecule has 1 saturated heterocycles. The molecule has 0 radical (unpaired) electrons. The van der Waals surface area contributed by atoms with Gasteiger partial charge < -0.3 is 15.4 Å². The summed E-state index contributed by atoms with van der Waals surface area (Å²) >= 11 is 0. The van der Waals surface area contributed by atoms with Gasteiger partial charge in [0, 0.05) is 43.6 Å². The molecule has 0 spiro atoms. The van der Waals surface area contributed by atoms with Gasteiger partial charge in [0.15, 0.2) is 5.78 Å². The molecule has 5 rings (SSSR count). The Hall–Kier alpha value is -3.81. The molecule has 2 aliphatic rings.